The van der Waals surface area contributed by atoms with Crippen LogP contribution in [0.1, 0.15) is 45.4 Å². The molecule has 0 radical (unpaired) electrons. The summed E-state index contributed by atoms with van der Waals surface area (Å²) in [5.74, 6) is 0. The minimum absolute atomic E-state index is 0.0232. The van der Waals surface area contributed by atoms with Gasteiger partial charge in [0.05, 0.1) is 0 Å². The summed E-state index contributed by atoms with van der Waals surface area (Å²) in [6.45, 7) is 2.82. The van der Waals surface area contributed by atoms with E-state index in [1.165, 1.54) is 10.7 Å². The number of nitrogens with zero attached hydrogens (tertiary/aromatic N) is 2. The van der Waals surface area contributed by atoms with Crippen LogP contribution in [0.2, 0.25) is 0 Å². The Bertz CT molecular complexity index is 326. The molecule has 108 valence electrons. The van der Waals surface area contributed by atoms with Gasteiger partial charge in [-0.15, -0.1) is 0 Å². The fraction of sp³-hybridized carbons (Fsp3) is 1.00. The molecule has 0 aromatic heterocycles. The first-order valence-corrected chi connectivity index (χ1v) is 8.27. The lowest BCUT2D eigenvalue weighted by Gasteiger charge is -2.35. The van der Waals surface area contributed by atoms with Crippen LogP contribution in [0.15, 0.2) is 0 Å². The largest absolute Gasteiger partial charge is 0.396 e. The summed E-state index contributed by atoms with van der Waals surface area (Å²) in [6, 6.07) is 0.158. The van der Waals surface area contributed by atoms with Gasteiger partial charge in [-0.1, -0.05) is 26.2 Å². The summed E-state index contributed by atoms with van der Waals surface area (Å²) >= 11 is 0. The molecule has 0 spiro atoms. The minimum atomic E-state index is -3.37. The molecule has 1 N–H and O–H groups in total. The maximum absolute atomic E-state index is 12.4. The van der Waals surface area contributed by atoms with E-state index in [0.717, 1.165) is 25.7 Å². The molecule has 1 fully saturated rings. The van der Waals surface area contributed by atoms with Crippen molar-refractivity contribution in [2.24, 2.45) is 0 Å². The Hall–Kier alpha value is -0.170. The molecule has 0 unspecified atom stereocenters. The van der Waals surface area contributed by atoms with Crippen molar-refractivity contribution in [3.63, 3.8) is 0 Å². The Kier molecular flexibility index (Phi) is 6.55. The van der Waals surface area contributed by atoms with Crippen LogP contribution in [-0.2, 0) is 10.2 Å². The highest BCUT2D eigenvalue weighted by molar-refractivity contribution is 7.86. The normalized spacial score (nSPS) is 18.7. The summed E-state index contributed by atoms with van der Waals surface area (Å²) < 4.78 is 27.9. The van der Waals surface area contributed by atoms with Gasteiger partial charge in [0.25, 0.3) is 10.2 Å². The summed E-state index contributed by atoms with van der Waals surface area (Å²) in [5, 5.41) is 8.79. The van der Waals surface area contributed by atoms with Crippen LogP contribution >= 0.6 is 0 Å². The van der Waals surface area contributed by atoms with Crippen LogP contribution in [0.3, 0.4) is 0 Å². The van der Waals surface area contributed by atoms with Gasteiger partial charge in [0.1, 0.15) is 0 Å². The van der Waals surface area contributed by atoms with E-state index in [4.69, 9.17) is 5.11 Å². The second-order valence-electron chi connectivity index (χ2n) is 4.90. The third kappa shape index (κ3) is 3.91. The van der Waals surface area contributed by atoms with E-state index in [-0.39, 0.29) is 12.6 Å². The van der Waals surface area contributed by atoms with Crippen molar-refractivity contribution in [2.75, 3.05) is 26.7 Å². The van der Waals surface area contributed by atoms with Gasteiger partial charge in [-0.05, 0) is 19.3 Å². The molecule has 6 heteroatoms. The van der Waals surface area contributed by atoms with E-state index < -0.39 is 10.2 Å². The Balaban J connectivity index is 2.71. The third-order valence-electron chi connectivity index (χ3n) is 3.61. The Labute approximate surface area is 111 Å². The molecule has 1 aliphatic rings. The Morgan fingerprint density at radius 1 is 1.22 bits per heavy atom. The average molecular weight is 278 g/mol. The van der Waals surface area contributed by atoms with Crippen LogP contribution < -0.4 is 0 Å². The lowest BCUT2D eigenvalue weighted by Crippen LogP contribution is -2.48. The smallest absolute Gasteiger partial charge is 0.281 e. The zero-order chi connectivity index (χ0) is 13.6. The molecule has 0 saturated heterocycles. The standard InChI is InChI=1S/C12H26N2O3S/c1-3-14(12-8-5-4-6-9-12)18(16,17)13(2)10-7-11-15/h12,15H,3-11H2,1-2H3. The van der Waals surface area contributed by atoms with Crippen molar-refractivity contribution in [1.29, 1.82) is 0 Å². The minimum Gasteiger partial charge on any atom is -0.396 e. The molecule has 1 aliphatic carbocycles. The number of hydrogen-bond donors (Lipinski definition) is 1. The summed E-state index contributed by atoms with van der Waals surface area (Å²) in [4.78, 5) is 0. The second kappa shape index (κ2) is 7.43. The molecule has 0 aliphatic heterocycles. The molecule has 0 amide bonds. The van der Waals surface area contributed by atoms with Gasteiger partial charge in [0.2, 0.25) is 0 Å². The van der Waals surface area contributed by atoms with Gasteiger partial charge < -0.3 is 5.11 Å². The van der Waals surface area contributed by atoms with Crippen LogP contribution in [0.25, 0.3) is 0 Å². The lowest BCUT2D eigenvalue weighted by molar-refractivity contribution is 0.238. The summed E-state index contributed by atoms with van der Waals surface area (Å²) in [6.07, 6.45) is 5.89. The van der Waals surface area contributed by atoms with Gasteiger partial charge in [0, 0.05) is 32.8 Å². The zero-order valence-electron chi connectivity index (χ0n) is 11.5. The van der Waals surface area contributed by atoms with Gasteiger partial charge in [-0.3, -0.25) is 0 Å². The molecule has 0 atom stereocenters. The number of aliphatic hydroxyl groups is 1. The van der Waals surface area contributed by atoms with Crippen LogP contribution in [0, 0.1) is 0 Å². The van der Waals surface area contributed by atoms with Gasteiger partial charge in [0.15, 0.2) is 0 Å². The maximum atomic E-state index is 12.4. The first-order valence-electron chi connectivity index (χ1n) is 6.88. The highest BCUT2D eigenvalue weighted by Crippen LogP contribution is 2.25. The van der Waals surface area contributed by atoms with Crippen molar-refractivity contribution in [3.8, 4) is 0 Å². The van der Waals surface area contributed by atoms with Crippen molar-refractivity contribution >= 4 is 10.2 Å². The van der Waals surface area contributed by atoms with Crippen molar-refractivity contribution < 1.29 is 13.5 Å². The second-order valence-corrected chi connectivity index (χ2v) is 6.89. The van der Waals surface area contributed by atoms with E-state index in [1.807, 2.05) is 6.92 Å². The predicted octanol–water partition coefficient (Wildman–Crippen LogP) is 1.20. The number of hydrogen-bond acceptors (Lipinski definition) is 3. The Morgan fingerprint density at radius 3 is 2.33 bits per heavy atom. The first kappa shape index (κ1) is 15.9. The Morgan fingerprint density at radius 2 is 1.83 bits per heavy atom. The quantitative estimate of drug-likeness (QED) is 0.761. The van der Waals surface area contributed by atoms with Crippen molar-refractivity contribution in [1.82, 2.24) is 8.61 Å². The van der Waals surface area contributed by atoms with Crippen LogP contribution in [0.4, 0.5) is 0 Å². The molecule has 0 aromatic rings. The molecule has 18 heavy (non-hydrogen) atoms. The molecular weight excluding hydrogens is 252 g/mol. The first-order chi connectivity index (χ1) is 8.54. The molecule has 1 rings (SSSR count). The van der Waals surface area contributed by atoms with E-state index in [9.17, 15) is 8.42 Å². The van der Waals surface area contributed by atoms with E-state index in [2.05, 4.69) is 0 Å². The van der Waals surface area contributed by atoms with Gasteiger partial charge >= 0.3 is 0 Å². The molecule has 1 saturated carbocycles. The van der Waals surface area contributed by atoms with Crippen molar-refractivity contribution in [3.05, 3.63) is 0 Å². The van der Waals surface area contributed by atoms with Crippen molar-refractivity contribution in [2.45, 2.75) is 51.5 Å². The number of aliphatic hydroxyl groups excluding tert-OH is 1. The fourth-order valence-corrected chi connectivity index (χ4v) is 4.20. The summed E-state index contributed by atoms with van der Waals surface area (Å²) in [5.41, 5.74) is 0. The van der Waals surface area contributed by atoms with E-state index in [0.29, 0.717) is 19.5 Å². The molecule has 0 heterocycles. The van der Waals surface area contributed by atoms with Gasteiger partial charge in [-0.2, -0.15) is 17.0 Å². The van der Waals surface area contributed by atoms with Crippen LogP contribution in [0.5, 0.6) is 0 Å². The highest BCUT2D eigenvalue weighted by Gasteiger charge is 2.32. The summed E-state index contributed by atoms with van der Waals surface area (Å²) in [7, 11) is -1.77. The monoisotopic (exact) mass is 278 g/mol. The molecular formula is C12H26N2O3S. The third-order valence-corrected chi connectivity index (χ3v) is 5.73. The molecule has 0 bridgehead atoms. The molecule has 5 nitrogen and oxygen atoms in total. The highest BCUT2D eigenvalue weighted by atomic mass is 32.2. The maximum Gasteiger partial charge on any atom is 0.281 e. The lowest BCUT2D eigenvalue weighted by atomic mass is 9.95. The molecule has 0 aromatic carbocycles. The fourth-order valence-electron chi connectivity index (χ4n) is 2.57. The SMILES string of the molecule is CCN(C1CCCCC1)S(=O)(=O)N(C)CCCO. The van der Waals surface area contributed by atoms with Crippen LogP contribution in [-0.4, -0.2) is 54.9 Å². The number of rotatable bonds is 7. The average Bonchev–Trinajstić information content (AvgIpc) is 2.37. The van der Waals surface area contributed by atoms with E-state index in [1.54, 1.807) is 11.4 Å². The predicted molar refractivity (Wildman–Crippen MR) is 72.5 cm³/mol. The van der Waals surface area contributed by atoms with E-state index >= 15 is 0 Å². The topological polar surface area (TPSA) is 60.9 Å². The van der Waals surface area contributed by atoms with Gasteiger partial charge in [-0.25, -0.2) is 0 Å². The zero-order valence-corrected chi connectivity index (χ0v) is 12.3.